The Bertz CT molecular complexity index is 508. The molecule has 2 fully saturated rings. The van der Waals surface area contributed by atoms with E-state index in [9.17, 15) is 14.7 Å². The first-order valence-corrected chi connectivity index (χ1v) is 7.97. The van der Waals surface area contributed by atoms with Gasteiger partial charge in [-0.2, -0.15) is 0 Å². The van der Waals surface area contributed by atoms with Crippen molar-refractivity contribution in [3.63, 3.8) is 0 Å². The van der Waals surface area contributed by atoms with Crippen LogP contribution in [0.3, 0.4) is 0 Å². The summed E-state index contributed by atoms with van der Waals surface area (Å²) in [6.45, 7) is 1.72. The lowest BCUT2D eigenvalue weighted by molar-refractivity contribution is -0.238. The molecule has 3 rings (SSSR count). The Morgan fingerprint density at radius 3 is 2.90 bits per heavy atom. The number of ether oxygens (including phenoxy) is 1. The number of esters is 1. The standard InChI is InChI=1S/C15H20ClNO4/c1-14-10(7-8-16)12(19)17-15(14,13(20)21-14)11(18)9-5-3-2-4-6-9/h3,5,9-11,18H,2,4,6-8H2,1H3,(H,17,19)/t9?,10?,11-,14?,15?/m1/s1. The van der Waals surface area contributed by atoms with E-state index in [-0.39, 0.29) is 11.8 Å². The molecule has 0 aromatic carbocycles. The van der Waals surface area contributed by atoms with Gasteiger partial charge in [-0.25, -0.2) is 4.79 Å². The molecule has 3 aliphatic rings. The van der Waals surface area contributed by atoms with Crippen molar-refractivity contribution >= 4 is 23.5 Å². The molecule has 2 heterocycles. The first kappa shape index (κ1) is 14.9. The molecule has 2 N–H and O–H groups in total. The number of carbonyl (C=O) groups is 2. The Hall–Kier alpha value is -1.07. The van der Waals surface area contributed by atoms with E-state index in [0.717, 1.165) is 19.3 Å². The Kier molecular flexibility index (Phi) is 3.53. The molecular weight excluding hydrogens is 294 g/mol. The summed E-state index contributed by atoms with van der Waals surface area (Å²) in [6.07, 6.45) is 6.17. The molecule has 0 spiro atoms. The first-order chi connectivity index (χ1) is 9.97. The fourth-order valence-corrected chi connectivity index (χ4v) is 4.21. The zero-order valence-corrected chi connectivity index (χ0v) is 12.7. The van der Waals surface area contributed by atoms with Crippen molar-refractivity contribution in [1.29, 1.82) is 0 Å². The van der Waals surface area contributed by atoms with Crippen molar-refractivity contribution in [3.05, 3.63) is 12.2 Å². The number of aliphatic hydroxyl groups is 1. The normalized spacial score (nSPS) is 42.8. The molecule has 0 aromatic heterocycles. The number of hydrogen-bond donors (Lipinski definition) is 2. The van der Waals surface area contributed by atoms with Crippen molar-refractivity contribution in [2.24, 2.45) is 11.8 Å². The molecule has 2 aliphatic heterocycles. The van der Waals surface area contributed by atoms with E-state index in [1.165, 1.54) is 0 Å². The van der Waals surface area contributed by atoms with Crippen LogP contribution in [0.25, 0.3) is 0 Å². The lowest BCUT2D eigenvalue weighted by Crippen LogP contribution is -2.80. The zero-order valence-electron chi connectivity index (χ0n) is 12.0. The summed E-state index contributed by atoms with van der Waals surface area (Å²) >= 11 is 5.76. The average molecular weight is 314 g/mol. The van der Waals surface area contributed by atoms with Gasteiger partial charge in [-0.15, -0.1) is 11.6 Å². The van der Waals surface area contributed by atoms with Gasteiger partial charge in [0.15, 0.2) is 5.60 Å². The maximum atomic E-state index is 12.2. The molecule has 116 valence electrons. The van der Waals surface area contributed by atoms with E-state index in [1.807, 2.05) is 12.2 Å². The van der Waals surface area contributed by atoms with Crippen LogP contribution < -0.4 is 5.32 Å². The predicted molar refractivity (Wildman–Crippen MR) is 76.7 cm³/mol. The SMILES string of the molecule is CC12OC(=O)C1([C@H](O)C1C=CCCC1)NC(=O)C2CCCl. The predicted octanol–water partition coefficient (Wildman–Crippen LogP) is 1.13. The maximum Gasteiger partial charge on any atom is 0.339 e. The van der Waals surface area contributed by atoms with E-state index in [0.29, 0.717) is 12.3 Å². The third-order valence-electron chi connectivity index (χ3n) is 5.25. The number of aliphatic hydroxyl groups excluding tert-OH is 1. The summed E-state index contributed by atoms with van der Waals surface area (Å²) in [5.41, 5.74) is -2.34. The average Bonchev–Trinajstić information content (AvgIpc) is 2.65. The molecule has 5 atom stereocenters. The Morgan fingerprint density at radius 1 is 1.57 bits per heavy atom. The summed E-state index contributed by atoms with van der Waals surface area (Å²) in [5, 5.41) is 13.5. The molecule has 0 aromatic rings. The summed E-state index contributed by atoms with van der Waals surface area (Å²) in [6, 6.07) is 0. The van der Waals surface area contributed by atoms with Crippen LogP contribution in [-0.4, -0.2) is 40.1 Å². The molecule has 21 heavy (non-hydrogen) atoms. The van der Waals surface area contributed by atoms with Crippen molar-refractivity contribution in [3.8, 4) is 0 Å². The molecular formula is C15H20ClNO4. The molecule has 0 radical (unpaired) electrons. The maximum absolute atomic E-state index is 12.2. The monoisotopic (exact) mass is 313 g/mol. The van der Waals surface area contributed by atoms with Gasteiger partial charge >= 0.3 is 5.97 Å². The molecule has 0 saturated carbocycles. The molecule has 1 aliphatic carbocycles. The minimum Gasteiger partial charge on any atom is -0.453 e. The van der Waals surface area contributed by atoms with E-state index in [1.54, 1.807) is 6.92 Å². The van der Waals surface area contributed by atoms with Crippen molar-refractivity contribution in [2.45, 2.75) is 49.9 Å². The second kappa shape index (κ2) is 4.99. The van der Waals surface area contributed by atoms with Crippen LogP contribution in [0, 0.1) is 11.8 Å². The van der Waals surface area contributed by atoms with Gasteiger partial charge < -0.3 is 15.2 Å². The summed E-state index contributed by atoms with van der Waals surface area (Å²) < 4.78 is 5.34. The van der Waals surface area contributed by atoms with Crippen LogP contribution in [0.2, 0.25) is 0 Å². The molecule has 6 heteroatoms. The van der Waals surface area contributed by atoms with Crippen molar-refractivity contribution < 1.29 is 19.4 Å². The molecule has 1 amide bonds. The van der Waals surface area contributed by atoms with E-state index >= 15 is 0 Å². The summed E-state index contributed by atoms with van der Waals surface area (Å²) in [5.74, 6) is -1.14. The lowest BCUT2D eigenvalue weighted by atomic mass is 9.64. The Labute approximate surface area is 128 Å². The van der Waals surface area contributed by atoms with E-state index < -0.39 is 29.1 Å². The van der Waals surface area contributed by atoms with Gasteiger partial charge in [-0.1, -0.05) is 12.2 Å². The highest BCUT2D eigenvalue weighted by atomic mass is 35.5. The van der Waals surface area contributed by atoms with Crippen LogP contribution in [-0.2, 0) is 14.3 Å². The number of hydrogen-bond acceptors (Lipinski definition) is 4. The van der Waals surface area contributed by atoms with Crippen LogP contribution in [0.1, 0.15) is 32.6 Å². The largest absolute Gasteiger partial charge is 0.453 e. The van der Waals surface area contributed by atoms with Crippen molar-refractivity contribution in [1.82, 2.24) is 5.32 Å². The second-order valence-corrected chi connectivity index (χ2v) is 6.67. The third-order valence-corrected chi connectivity index (χ3v) is 5.47. The van der Waals surface area contributed by atoms with Gasteiger partial charge in [-0.05, 0) is 32.6 Å². The summed E-state index contributed by atoms with van der Waals surface area (Å²) in [7, 11) is 0. The van der Waals surface area contributed by atoms with Gasteiger partial charge in [0.25, 0.3) is 0 Å². The number of rotatable bonds is 4. The quantitative estimate of drug-likeness (QED) is 0.463. The first-order valence-electron chi connectivity index (χ1n) is 7.43. The minimum atomic E-state index is -1.33. The number of nitrogens with one attached hydrogen (secondary N) is 1. The number of halogens is 1. The smallest absolute Gasteiger partial charge is 0.339 e. The fourth-order valence-electron chi connectivity index (χ4n) is 3.99. The van der Waals surface area contributed by atoms with Gasteiger partial charge in [-0.3, -0.25) is 4.79 Å². The second-order valence-electron chi connectivity index (χ2n) is 6.29. The van der Waals surface area contributed by atoms with Gasteiger partial charge in [0.05, 0.1) is 12.0 Å². The van der Waals surface area contributed by atoms with Gasteiger partial charge in [0.2, 0.25) is 11.4 Å². The zero-order chi connectivity index (χ0) is 15.3. The van der Waals surface area contributed by atoms with Crippen molar-refractivity contribution in [2.75, 3.05) is 5.88 Å². The Morgan fingerprint density at radius 2 is 2.33 bits per heavy atom. The van der Waals surface area contributed by atoms with Crippen LogP contribution in [0.5, 0.6) is 0 Å². The Balaban J connectivity index is 1.94. The fraction of sp³-hybridized carbons (Fsp3) is 0.733. The van der Waals surface area contributed by atoms with Gasteiger partial charge in [0, 0.05) is 11.8 Å². The number of fused-ring (bicyclic) bond motifs is 1. The molecule has 2 saturated heterocycles. The third kappa shape index (κ3) is 1.80. The van der Waals surface area contributed by atoms with Gasteiger partial charge in [0.1, 0.15) is 0 Å². The molecule has 0 bridgehead atoms. The highest BCUT2D eigenvalue weighted by Gasteiger charge is 2.79. The van der Waals surface area contributed by atoms with Crippen LogP contribution in [0.4, 0.5) is 0 Å². The topological polar surface area (TPSA) is 75.6 Å². The molecule has 4 unspecified atom stereocenters. The summed E-state index contributed by atoms with van der Waals surface area (Å²) in [4.78, 5) is 24.4. The number of allylic oxidation sites excluding steroid dienone is 1. The highest BCUT2D eigenvalue weighted by molar-refractivity contribution is 6.18. The molecule has 5 nitrogen and oxygen atoms in total. The minimum absolute atomic E-state index is 0.138. The van der Waals surface area contributed by atoms with Crippen LogP contribution in [0.15, 0.2) is 12.2 Å². The van der Waals surface area contributed by atoms with E-state index in [2.05, 4.69) is 5.32 Å². The number of alkyl halides is 1. The highest BCUT2D eigenvalue weighted by Crippen LogP contribution is 2.53. The van der Waals surface area contributed by atoms with E-state index in [4.69, 9.17) is 16.3 Å². The lowest BCUT2D eigenvalue weighted by Gasteiger charge is -2.54. The number of amides is 1. The number of carbonyl (C=O) groups excluding carboxylic acids is 2. The van der Waals surface area contributed by atoms with Crippen LogP contribution >= 0.6 is 11.6 Å².